The van der Waals surface area contributed by atoms with Crippen molar-refractivity contribution >= 4 is 39.1 Å². The lowest BCUT2D eigenvalue weighted by atomic mass is 10.3. The standard InChI is InChI=1S/C23H23FN2O4S2/c1-3-30-19-12-10-18(11-13-19)26(32(28,29)20-14-8-17(24)9-15-20)16-23(27)25-21-6-4-5-7-22(21)31-2/h4-15H,3,16H2,1-2H3,(H,25,27). The zero-order valence-corrected chi connectivity index (χ0v) is 19.3. The number of hydrogen-bond acceptors (Lipinski definition) is 5. The molecule has 32 heavy (non-hydrogen) atoms. The monoisotopic (exact) mass is 474 g/mol. The maximum Gasteiger partial charge on any atom is 0.264 e. The molecule has 0 fully saturated rings. The summed E-state index contributed by atoms with van der Waals surface area (Å²) in [5.74, 6) is -0.484. The molecule has 6 nitrogen and oxygen atoms in total. The number of amides is 1. The van der Waals surface area contributed by atoms with Crippen LogP contribution in [-0.4, -0.2) is 33.7 Å². The number of benzene rings is 3. The Bertz CT molecular complexity index is 1170. The number of thioether (sulfide) groups is 1. The lowest BCUT2D eigenvalue weighted by Gasteiger charge is -2.24. The number of para-hydroxylation sites is 1. The van der Waals surface area contributed by atoms with Gasteiger partial charge in [-0.1, -0.05) is 12.1 Å². The largest absolute Gasteiger partial charge is 0.494 e. The van der Waals surface area contributed by atoms with Crippen LogP contribution < -0.4 is 14.4 Å². The molecule has 9 heteroatoms. The van der Waals surface area contributed by atoms with Gasteiger partial charge in [0.25, 0.3) is 10.0 Å². The number of nitrogens with one attached hydrogen (secondary N) is 1. The summed E-state index contributed by atoms with van der Waals surface area (Å²) in [7, 11) is -4.14. The molecule has 1 amide bonds. The van der Waals surface area contributed by atoms with Crippen molar-refractivity contribution in [1.29, 1.82) is 0 Å². The molecular weight excluding hydrogens is 451 g/mol. The SMILES string of the molecule is CCOc1ccc(N(CC(=O)Nc2ccccc2SC)S(=O)(=O)c2ccc(F)cc2)cc1. The van der Waals surface area contributed by atoms with Crippen molar-refractivity contribution in [2.75, 3.05) is 29.0 Å². The van der Waals surface area contributed by atoms with Crippen LogP contribution in [0.15, 0.2) is 82.6 Å². The van der Waals surface area contributed by atoms with Crippen molar-refractivity contribution in [1.82, 2.24) is 0 Å². The molecule has 0 aliphatic carbocycles. The molecule has 0 unspecified atom stereocenters. The second kappa shape index (κ2) is 10.5. The van der Waals surface area contributed by atoms with Gasteiger partial charge in [0.1, 0.15) is 18.1 Å². The quantitative estimate of drug-likeness (QED) is 0.452. The van der Waals surface area contributed by atoms with Crippen molar-refractivity contribution in [3.05, 3.63) is 78.6 Å². The van der Waals surface area contributed by atoms with Crippen LogP contribution in [0, 0.1) is 5.82 Å². The molecule has 0 saturated heterocycles. The Hall–Kier alpha value is -3.04. The summed E-state index contributed by atoms with van der Waals surface area (Å²) in [5.41, 5.74) is 0.877. The van der Waals surface area contributed by atoms with Crippen LogP contribution in [0.3, 0.4) is 0 Å². The molecule has 0 saturated carbocycles. The molecule has 0 aromatic heterocycles. The van der Waals surface area contributed by atoms with E-state index in [1.165, 1.54) is 23.9 Å². The third kappa shape index (κ3) is 5.60. The number of sulfonamides is 1. The predicted octanol–water partition coefficient (Wildman–Crippen LogP) is 4.78. The number of anilines is 2. The van der Waals surface area contributed by atoms with Crippen LogP contribution >= 0.6 is 11.8 Å². The molecule has 3 aromatic rings. The van der Waals surface area contributed by atoms with Crippen molar-refractivity contribution in [3.8, 4) is 5.75 Å². The highest BCUT2D eigenvalue weighted by molar-refractivity contribution is 7.98. The fourth-order valence-electron chi connectivity index (χ4n) is 2.99. The fourth-order valence-corrected chi connectivity index (χ4v) is 4.97. The second-order valence-corrected chi connectivity index (χ2v) is 9.35. The highest BCUT2D eigenvalue weighted by Crippen LogP contribution is 2.28. The van der Waals surface area contributed by atoms with Crippen LogP contribution in [0.4, 0.5) is 15.8 Å². The Morgan fingerprint density at radius 3 is 2.31 bits per heavy atom. The van der Waals surface area contributed by atoms with Gasteiger partial charge >= 0.3 is 0 Å². The van der Waals surface area contributed by atoms with Crippen molar-refractivity contribution < 1.29 is 22.3 Å². The number of rotatable bonds is 9. The molecule has 0 spiro atoms. The zero-order chi connectivity index (χ0) is 23.1. The molecule has 0 radical (unpaired) electrons. The molecule has 1 N–H and O–H groups in total. The number of carbonyl (C=O) groups is 1. The van der Waals surface area contributed by atoms with E-state index < -0.39 is 28.3 Å². The Balaban J connectivity index is 1.94. The first-order valence-corrected chi connectivity index (χ1v) is 12.5. The van der Waals surface area contributed by atoms with Gasteiger partial charge in [0.15, 0.2) is 0 Å². The number of halogens is 1. The maximum atomic E-state index is 13.4. The van der Waals surface area contributed by atoms with E-state index in [1.54, 1.807) is 36.4 Å². The highest BCUT2D eigenvalue weighted by Gasteiger charge is 2.27. The van der Waals surface area contributed by atoms with Crippen LogP contribution in [0.2, 0.25) is 0 Å². The highest BCUT2D eigenvalue weighted by atomic mass is 32.2. The smallest absolute Gasteiger partial charge is 0.264 e. The first-order chi connectivity index (χ1) is 15.3. The van der Waals surface area contributed by atoms with Gasteiger partial charge in [0, 0.05) is 4.90 Å². The Morgan fingerprint density at radius 1 is 1.03 bits per heavy atom. The van der Waals surface area contributed by atoms with Crippen LogP contribution in [0.1, 0.15) is 6.92 Å². The van der Waals surface area contributed by atoms with Gasteiger partial charge in [-0.25, -0.2) is 12.8 Å². The van der Waals surface area contributed by atoms with E-state index in [0.29, 0.717) is 18.0 Å². The van der Waals surface area contributed by atoms with Gasteiger partial charge in [-0.15, -0.1) is 11.8 Å². The minimum Gasteiger partial charge on any atom is -0.494 e. The second-order valence-electron chi connectivity index (χ2n) is 6.64. The minimum atomic E-state index is -4.14. The molecule has 0 atom stereocenters. The van der Waals surface area contributed by atoms with E-state index in [0.717, 1.165) is 21.3 Å². The number of nitrogens with zero attached hydrogens (tertiary/aromatic N) is 1. The van der Waals surface area contributed by atoms with Gasteiger partial charge in [-0.3, -0.25) is 9.10 Å². The van der Waals surface area contributed by atoms with E-state index >= 15 is 0 Å². The molecule has 3 rings (SSSR count). The molecular formula is C23H23FN2O4S2. The normalized spacial score (nSPS) is 11.1. The van der Waals surface area contributed by atoms with Gasteiger partial charge < -0.3 is 10.1 Å². The Morgan fingerprint density at radius 2 is 1.69 bits per heavy atom. The van der Waals surface area contributed by atoms with E-state index in [4.69, 9.17) is 4.74 Å². The molecule has 3 aromatic carbocycles. The summed E-state index contributed by atoms with van der Waals surface area (Å²) in [6.07, 6.45) is 1.89. The fraction of sp³-hybridized carbons (Fsp3) is 0.174. The number of ether oxygens (including phenoxy) is 1. The molecule has 0 bridgehead atoms. The molecule has 168 valence electrons. The van der Waals surface area contributed by atoms with Crippen LogP contribution in [0.5, 0.6) is 5.75 Å². The lowest BCUT2D eigenvalue weighted by Crippen LogP contribution is -2.38. The van der Waals surface area contributed by atoms with E-state index in [-0.39, 0.29) is 10.6 Å². The Kier molecular flexibility index (Phi) is 7.76. The molecule has 0 aliphatic heterocycles. The first kappa shape index (κ1) is 23.6. The summed E-state index contributed by atoms with van der Waals surface area (Å²) >= 11 is 1.47. The third-order valence-corrected chi connectivity index (χ3v) is 7.09. The van der Waals surface area contributed by atoms with Gasteiger partial charge in [-0.05, 0) is 73.8 Å². The summed E-state index contributed by atoms with van der Waals surface area (Å²) in [6, 6.07) is 18.1. The third-order valence-electron chi connectivity index (χ3n) is 4.51. The number of carbonyl (C=O) groups excluding carboxylic acids is 1. The zero-order valence-electron chi connectivity index (χ0n) is 17.6. The summed E-state index contributed by atoms with van der Waals surface area (Å²) in [5, 5.41) is 2.78. The van der Waals surface area contributed by atoms with E-state index in [1.807, 2.05) is 25.3 Å². The predicted molar refractivity (Wildman–Crippen MR) is 125 cm³/mol. The molecule has 0 aliphatic rings. The summed E-state index contributed by atoms with van der Waals surface area (Å²) in [6.45, 7) is 1.85. The average molecular weight is 475 g/mol. The number of hydrogen-bond donors (Lipinski definition) is 1. The van der Waals surface area contributed by atoms with Crippen LogP contribution in [-0.2, 0) is 14.8 Å². The van der Waals surface area contributed by atoms with Crippen molar-refractivity contribution in [2.24, 2.45) is 0 Å². The van der Waals surface area contributed by atoms with E-state index in [2.05, 4.69) is 5.32 Å². The van der Waals surface area contributed by atoms with Gasteiger partial charge in [-0.2, -0.15) is 0 Å². The maximum absolute atomic E-state index is 13.4. The Labute approximate surface area is 191 Å². The van der Waals surface area contributed by atoms with Gasteiger partial charge in [0.2, 0.25) is 5.91 Å². The molecule has 0 heterocycles. The van der Waals surface area contributed by atoms with Crippen molar-refractivity contribution in [3.63, 3.8) is 0 Å². The van der Waals surface area contributed by atoms with E-state index in [9.17, 15) is 17.6 Å². The van der Waals surface area contributed by atoms with Gasteiger partial charge in [0.05, 0.1) is 22.9 Å². The lowest BCUT2D eigenvalue weighted by molar-refractivity contribution is -0.114. The summed E-state index contributed by atoms with van der Waals surface area (Å²) < 4.78 is 46.5. The summed E-state index contributed by atoms with van der Waals surface area (Å²) in [4.78, 5) is 13.6. The topological polar surface area (TPSA) is 75.7 Å². The first-order valence-electron chi connectivity index (χ1n) is 9.79. The average Bonchev–Trinajstić information content (AvgIpc) is 2.79. The minimum absolute atomic E-state index is 0.120. The van der Waals surface area contributed by atoms with Crippen LogP contribution in [0.25, 0.3) is 0 Å². The van der Waals surface area contributed by atoms with Crippen molar-refractivity contribution in [2.45, 2.75) is 16.7 Å².